The fourth-order valence-electron chi connectivity index (χ4n) is 1.07. The molecule has 0 aliphatic carbocycles. The summed E-state index contributed by atoms with van der Waals surface area (Å²) in [6.45, 7) is 8.29. The monoisotopic (exact) mass is 252 g/mol. The molecule has 0 bridgehead atoms. The number of rotatable bonds is 5. The summed E-state index contributed by atoms with van der Waals surface area (Å²) in [5.74, 6) is 1.49. The standard InChI is InChI=1S/C13H20O3Si/c1-10(14-5)15-11-8-6-7-9-12(11)16-17-13(2,3)4/h6-10H,1-5H3. The van der Waals surface area contributed by atoms with Gasteiger partial charge in [0.05, 0.1) is 0 Å². The number of benzene rings is 1. The molecule has 0 fully saturated rings. The van der Waals surface area contributed by atoms with E-state index in [1.54, 1.807) is 7.11 Å². The Hall–Kier alpha value is -1.00. The van der Waals surface area contributed by atoms with Crippen molar-refractivity contribution < 1.29 is 13.9 Å². The van der Waals surface area contributed by atoms with Gasteiger partial charge in [0.2, 0.25) is 0 Å². The molecule has 1 aromatic rings. The Balaban J connectivity index is 2.70. The van der Waals surface area contributed by atoms with Crippen molar-refractivity contribution in [2.24, 2.45) is 0 Å². The van der Waals surface area contributed by atoms with E-state index in [-0.39, 0.29) is 11.3 Å². The minimum absolute atomic E-state index is 0.153. The lowest BCUT2D eigenvalue weighted by Crippen LogP contribution is -2.17. The van der Waals surface area contributed by atoms with E-state index in [0.29, 0.717) is 9.76 Å². The Bertz CT molecular complexity index is 347. The average molecular weight is 252 g/mol. The Morgan fingerprint density at radius 3 is 2.24 bits per heavy atom. The van der Waals surface area contributed by atoms with Crippen molar-refractivity contribution in [2.45, 2.75) is 39.0 Å². The fourth-order valence-corrected chi connectivity index (χ4v) is 1.65. The van der Waals surface area contributed by atoms with Crippen LogP contribution in [0.15, 0.2) is 24.3 Å². The van der Waals surface area contributed by atoms with Crippen LogP contribution in [0.25, 0.3) is 0 Å². The van der Waals surface area contributed by atoms with E-state index in [1.165, 1.54) is 0 Å². The van der Waals surface area contributed by atoms with Crippen molar-refractivity contribution in [1.82, 2.24) is 0 Å². The molecular formula is C13H20O3Si. The Labute approximate surface area is 106 Å². The third-order valence-corrected chi connectivity index (χ3v) is 2.88. The summed E-state index contributed by atoms with van der Waals surface area (Å²) in [6.07, 6.45) is -0.280. The van der Waals surface area contributed by atoms with E-state index >= 15 is 0 Å². The molecule has 0 aliphatic heterocycles. The summed E-state index contributed by atoms with van der Waals surface area (Å²) < 4.78 is 16.5. The second-order valence-electron chi connectivity index (χ2n) is 4.82. The zero-order chi connectivity index (χ0) is 12.9. The molecule has 4 heteroatoms. The second kappa shape index (κ2) is 6.07. The zero-order valence-corrected chi connectivity index (χ0v) is 12.1. The molecule has 0 saturated heterocycles. The van der Waals surface area contributed by atoms with Gasteiger partial charge in [0.15, 0.2) is 12.0 Å². The number of para-hydroxylation sites is 2. The van der Waals surface area contributed by atoms with Gasteiger partial charge in [-0.2, -0.15) is 0 Å². The summed E-state index contributed by atoms with van der Waals surface area (Å²) in [7, 11) is 2.01. The van der Waals surface area contributed by atoms with Crippen LogP contribution in [-0.2, 0) is 4.74 Å². The van der Waals surface area contributed by atoms with Crippen molar-refractivity contribution in [2.75, 3.05) is 7.11 Å². The molecule has 2 radical (unpaired) electrons. The highest BCUT2D eigenvalue weighted by Crippen LogP contribution is 2.30. The first-order valence-corrected chi connectivity index (χ1v) is 6.55. The maximum atomic E-state index is 5.79. The molecule has 1 rings (SSSR count). The maximum Gasteiger partial charge on any atom is 0.316 e. The Morgan fingerprint density at radius 2 is 1.71 bits per heavy atom. The van der Waals surface area contributed by atoms with E-state index in [9.17, 15) is 0 Å². The normalized spacial score (nSPS) is 13.2. The molecule has 1 aromatic carbocycles. The lowest BCUT2D eigenvalue weighted by Gasteiger charge is -2.19. The van der Waals surface area contributed by atoms with Gasteiger partial charge in [-0.15, -0.1) is 0 Å². The predicted molar refractivity (Wildman–Crippen MR) is 69.6 cm³/mol. The molecule has 0 heterocycles. The fraction of sp³-hybridized carbons (Fsp3) is 0.538. The largest absolute Gasteiger partial charge is 0.538 e. The molecule has 1 unspecified atom stereocenters. The first-order valence-electron chi connectivity index (χ1n) is 5.65. The SMILES string of the molecule is COC(C)Oc1ccccc1O[Si]C(C)(C)C. The maximum absolute atomic E-state index is 5.79. The molecule has 0 amide bonds. The summed E-state index contributed by atoms with van der Waals surface area (Å²) in [6, 6.07) is 7.66. The van der Waals surface area contributed by atoms with Gasteiger partial charge in [-0.25, -0.2) is 0 Å². The van der Waals surface area contributed by atoms with E-state index in [4.69, 9.17) is 13.9 Å². The molecule has 94 valence electrons. The lowest BCUT2D eigenvalue weighted by atomic mass is 10.3. The summed E-state index contributed by atoms with van der Waals surface area (Å²) in [4.78, 5) is 0. The predicted octanol–water partition coefficient (Wildman–Crippen LogP) is 3.27. The highest BCUT2D eigenvalue weighted by Gasteiger charge is 2.17. The number of hydrogen-bond acceptors (Lipinski definition) is 3. The van der Waals surface area contributed by atoms with Crippen LogP contribution in [0.3, 0.4) is 0 Å². The lowest BCUT2D eigenvalue weighted by molar-refractivity contribution is -0.0391. The van der Waals surface area contributed by atoms with Crippen molar-refractivity contribution in [3.8, 4) is 11.5 Å². The van der Waals surface area contributed by atoms with Crippen LogP contribution in [0.5, 0.6) is 11.5 Å². The van der Waals surface area contributed by atoms with Crippen molar-refractivity contribution in [3.63, 3.8) is 0 Å². The van der Waals surface area contributed by atoms with Crippen LogP contribution in [0.2, 0.25) is 5.04 Å². The van der Waals surface area contributed by atoms with Crippen molar-refractivity contribution in [1.29, 1.82) is 0 Å². The molecular weight excluding hydrogens is 232 g/mol. The number of ether oxygens (including phenoxy) is 2. The molecule has 0 aliphatic rings. The number of methoxy groups -OCH3 is 1. The van der Waals surface area contributed by atoms with Crippen LogP contribution < -0.4 is 9.16 Å². The summed E-state index contributed by atoms with van der Waals surface area (Å²) in [5, 5.41) is 0.153. The van der Waals surface area contributed by atoms with Crippen LogP contribution in [0.4, 0.5) is 0 Å². The zero-order valence-electron chi connectivity index (χ0n) is 11.1. The molecule has 1 atom stereocenters. The van der Waals surface area contributed by atoms with Gasteiger partial charge in [0.1, 0.15) is 5.75 Å². The third-order valence-electron chi connectivity index (χ3n) is 1.94. The Kier molecular flexibility index (Phi) is 5.02. The molecule has 0 aromatic heterocycles. The van der Waals surface area contributed by atoms with E-state index < -0.39 is 0 Å². The molecule has 3 nitrogen and oxygen atoms in total. The Morgan fingerprint density at radius 1 is 1.12 bits per heavy atom. The van der Waals surface area contributed by atoms with Gasteiger partial charge in [0, 0.05) is 7.11 Å². The van der Waals surface area contributed by atoms with E-state index in [2.05, 4.69) is 20.8 Å². The highest BCUT2D eigenvalue weighted by molar-refractivity contribution is 6.32. The van der Waals surface area contributed by atoms with Gasteiger partial charge >= 0.3 is 9.76 Å². The van der Waals surface area contributed by atoms with Gasteiger partial charge in [-0.05, 0) is 24.1 Å². The van der Waals surface area contributed by atoms with Crippen molar-refractivity contribution >= 4 is 9.76 Å². The molecule has 17 heavy (non-hydrogen) atoms. The summed E-state index contributed by atoms with van der Waals surface area (Å²) in [5.41, 5.74) is 0. The quantitative estimate of drug-likeness (QED) is 0.594. The molecule has 0 N–H and O–H groups in total. The van der Waals surface area contributed by atoms with E-state index in [0.717, 1.165) is 11.5 Å². The second-order valence-corrected chi connectivity index (χ2v) is 6.73. The van der Waals surface area contributed by atoms with Crippen molar-refractivity contribution in [3.05, 3.63) is 24.3 Å². The van der Waals surface area contributed by atoms with Crippen LogP contribution in [0, 0.1) is 0 Å². The smallest absolute Gasteiger partial charge is 0.316 e. The average Bonchev–Trinajstić information content (AvgIpc) is 2.26. The first kappa shape index (κ1) is 14.1. The first-order chi connectivity index (χ1) is 7.92. The van der Waals surface area contributed by atoms with Crippen LogP contribution in [0.1, 0.15) is 27.7 Å². The highest BCUT2D eigenvalue weighted by atomic mass is 28.2. The van der Waals surface area contributed by atoms with Gasteiger partial charge in [0.25, 0.3) is 0 Å². The minimum Gasteiger partial charge on any atom is -0.538 e. The van der Waals surface area contributed by atoms with E-state index in [1.807, 2.05) is 31.2 Å². The van der Waals surface area contributed by atoms with Crippen LogP contribution >= 0.6 is 0 Å². The summed E-state index contributed by atoms with van der Waals surface area (Å²) >= 11 is 0. The third kappa shape index (κ3) is 5.24. The number of hydrogen-bond donors (Lipinski definition) is 0. The molecule has 0 saturated carbocycles. The minimum atomic E-state index is -0.280. The van der Waals surface area contributed by atoms with Crippen LogP contribution in [-0.4, -0.2) is 23.2 Å². The van der Waals surface area contributed by atoms with Gasteiger partial charge in [-0.1, -0.05) is 32.9 Å². The molecule has 0 spiro atoms. The van der Waals surface area contributed by atoms with Gasteiger partial charge in [-0.3, -0.25) is 0 Å². The topological polar surface area (TPSA) is 27.7 Å². The van der Waals surface area contributed by atoms with Gasteiger partial charge < -0.3 is 13.9 Å².